The van der Waals surface area contributed by atoms with Crippen LogP contribution in [0.25, 0.3) is 5.57 Å². The van der Waals surface area contributed by atoms with Gasteiger partial charge in [-0.2, -0.15) is 0 Å². The van der Waals surface area contributed by atoms with Crippen molar-refractivity contribution in [1.82, 2.24) is 4.90 Å². The Morgan fingerprint density at radius 3 is 3.00 bits per heavy atom. The third-order valence-electron chi connectivity index (χ3n) is 3.85. The molecule has 0 amide bonds. The Kier molecular flexibility index (Phi) is 2.64. The standard InChI is InChI=1S/C22H25NO2/c1-16(24)13-17-10-11-22-21(14-17)20(9-6-12-23(2)3)19-8-5-4-7-18(19)15-25-22/h4-5,7-11,14,24H,1,6,12-13,15H2,2-3H3/b20-9-/i2D3,3D3,4D,5D,7D,8D. The fourth-order valence-electron chi connectivity index (χ4n) is 2.77. The highest BCUT2D eigenvalue weighted by atomic mass is 16.5. The van der Waals surface area contributed by atoms with Gasteiger partial charge in [0.15, 0.2) is 0 Å². The molecule has 0 fully saturated rings. The van der Waals surface area contributed by atoms with E-state index in [4.69, 9.17) is 18.4 Å². The van der Waals surface area contributed by atoms with Crippen molar-refractivity contribution >= 4 is 5.57 Å². The van der Waals surface area contributed by atoms with Crippen LogP contribution in [0.2, 0.25) is 0 Å². The average molecular weight is 346 g/mol. The van der Waals surface area contributed by atoms with Gasteiger partial charge in [0.1, 0.15) is 12.4 Å². The number of rotatable bonds is 5. The van der Waals surface area contributed by atoms with Crippen molar-refractivity contribution in [2.45, 2.75) is 19.4 Å². The molecule has 2 aromatic carbocycles. The van der Waals surface area contributed by atoms with Crippen LogP contribution in [0.5, 0.6) is 5.75 Å². The Morgan fingerprint density at radius 1 is 1.36 bits per heavy atom. The molecule has 1 aliphatic heterocycles. The fraction of sp³-hybridized carbons (Fsp3) is 0.273. The lowest BCUT2D eigenvalue weighted by Gasteiger charge is -2.13. The van der Waals surface area contributed by atoms with Crippen molar-refractivity contribution in [3.63, 3.8) is 0 Å². The van der Waals surface area contributed by atoms with Crippen LogP contribution in [0, 0.1) is 0 Å². The van der Waals surface area contributed by atoms with Gasteiger partial charge in [-0.3, -0.25) is 0 Å². The van der Waals surface area contributed by atoms with E-state index in [1.54, 1.807) is 24.3 Å². The second-order valence-corrected chi connectivity index (χ2v) is 5.77. The molecule has 0 saturated heterocycles. The van der Waals surface area contributed by atoms with Crippen molar-refractivity contribution in [1.29, 1.82) is 0 Å². The van der Waals surface area contributed by atoms with Crippen molar-refractivity contribution in [3.05, 3.63) is 83.0 Å². The zero-order valence-electron chi connectivity index (χ0n) is 23.6. The first-order chi connectivity index (χ1) is 16.1. The van der Waals surface area contributed by atoms with E-state index in [-0.39, 0.29) is 55.0 Å². The molecule has 0 unspecified atom stereocenters. The molecule has 0 aromatic heterocycles. The first-order valence-corrected chi connectivity index (χ1v) is 7.83. The van der Waals surface area contributed by atoms with Crippen LogP contribution >= 0.6 is 0 Å². The predicted octanol–water partition coefficient (Wildman–Crippen LogP) is 4.58. The molecule has 2 aromatic rings. The molecule has 0 atom stereocenters. The Hall–Kier alpha value is -2.52. The van der Waals surface area contributed by atoms with Crippen LogP contribution in [0.3, 0.4) is 0 Å². The SMILES string of the molecule is [2H]c1c([2H])c([2H])c2c(c1[2H])COc1ccc(CC(=C)O)cc1/C2=C\CCN(C([2H])([2H])[2H])C([2H])([2H])[2H]. The summed E-state index contributed by atoms with van der Waals surface area (Å²) in [5, 5.41) is 9.64. The maximum absolute atomic E-state index is 9.64. The van der Waals surface area contributed by atoms with E-state index in [9.17, 15) is 5.11 Å². The lowest BCUT2D eigenvalue weighted by atomic mass is 9.92. The molecule has 0 aliphatic carbocycles. The third-order valence-corrected chi connectivity index (χ3v) is 3.85. The average Bonchev–Trinajstić information content (AvgIpc) is 2.88. The number of fused-ring (bicyclic) bond motifs is 2. The molecule has 25 heavy (non-hydrogen) atoms. The van der Waals surface area contributed by atoms with Gasteiger partial charge < -0.3 is 14.7 Å². The van der Waals surface area contributed by atoms with Crippen molar-refractivity contribution in [3.8, 4) is 5.75 Å². The van der Waals surface area contributed by atoms with Crippen molar-refractivity contribution in [2.24, 2.45) is 0 Å². The summed E-state index contributed by atoms with van der Waals surface area (Å²) >= 11 is 0. The number of nitrogens with zero attached hydrogens (tertiary/aromatic N) is 1. The number of ether oxygens (including phenoxy) is 1. The number of aliphatic hydroxyl groups is 1. The topological polar surface area (TPSA) is 32.7 Å². The highest BCUT2D eigenvalue weighted by Gasteiger charge is 2.19. The maximum atomic E-state index is 9.64. The Bertz CT molecular complexity index is 1170. The molecular formula is C22H25NO2. The smallest absolute Gasteiger partial charge is 0.127 e. The van der Waals surface area contributed by atoms with Gasteiger partial charge in [-0.1, -0.05) is 42.9 Å². The van der Waals surface area contributed by atoms with Crippen molar-refractivity contribution in [2.75, 3.05) is 20.5 Å². The monoisotopic (exact) mass is 345 g/mol. The summed E-state index contributed by atoms with van der Waals surface area (Å²) < 4.78 is 84.3. The summed E-state index contributed by atoms with van der Waals surface area (Å²) in [4.78, 5) is 0.429. The molecule has 1 aliphatic rings. The van der Waals surface area contributed by atoms with Crippen LogP contribution < -0.4 is 4.74 Å². The van der Waals surface area contributed by atoms with E-state index in [0.717, 1.165) is 0 Å². The summed E-state index contributed by atoms with van der Waals surface area (Å²) in [6, 6.07) is 3.68. The number of allylic oxidation sites excluding steroid dienone is 1. The van der Waals surface area contributed by atoms with Crippen LogP contribution in [-0.4, -0.2) is 30.5 Å². The molecule has 3 nitrogen and oxygen atoms in total. The van der Waals surface area contributed by atoms with Crippen LogP contribution in [0.1, 0.15) is 42.4 Å². The van der Waals surface area contributed by atoms with Gasteiger partial charge in [-0.25, -0.2) is 0 Å². The van der Waals surface area contributed by atoms with E-state index in [2.05, 4.69) is 6.58 Å². The second-order valence-electron chi connectivity index (χ2n) is 5.77. The van der Waals surface area contributed by atoms with Gasteiger partial charge >= 0.3 is 0 Å². The zero-order chi connectivity index (χ0) is 26.3. The van der Waals surface area contributed by atoms with Crippen molar-refractivity contribution < 1.29 is 23.6 Å². The zero-order valence-corrected chi connectivity index (χ0v) is 13.6. The van der Waals surface area contributed by atoms with E-state index in [1.165, 1.54) is 0 Å². The van der Waals surface area contributed by atoms with Gasteiger partial charge in [-0.05, 0) is 54.8 Å². The summed E-state index contributed by atoms with van der Waals surface area (Å²) in [7, 11) is 0. The predicted molar refractivity (Wildman–Crippen MR) is 103 cm³/mol. The van der Waals surface area contributed by atoms with Gasteiger partial charge in [0.05, 0.1) is 11.2 Å². The normalized spacial score (nSPS) is 21.4. The van der Waals surface area contributed by atoms with Crippen LogP contribution in [0.4, 0.5) is 0 Å². The lowest BCUT2D eigenvalue weighted by Crippen LogP contribution is -2.12. The summed E-state index contributed by atoms with van der Waals surface area (Å²) in [5.41, 5.74) is 1.93. The molecule has 130 valence electrons. The Labute approximate surface area is 163 Å². The Balaban J connectivity index is 2.20. The number of hydrogen-bond donors (Lipinski definition) is 1. The summed E-state index contributed by atoms with van der Waals surface area (Å²) in [6.45, 7) is -2.69. The van der Waals surface area contributed by atoms with Gasteiger partial charge in [0.2, 0.25) is 0 Å². The number of hydrogen-bond acceptors (Lipinski definition) is 3. The number of benzene rings is 2. The van der Waals surface area contributed by atoms with Gasteiger partial charge in [0, 0.05) is 26.8 Å². The molecule has 0 saturated carbocycles. The minimum Gasteiger partial charge on any atom is -0.513 e. The van der Waals surface area contributed by atoms with Gasteiger partial charge in [0.25, 0.3) is 0 Å². The molecule has 3 heteroatoms. The minimum atomic E-state index is -2.86. The molecular weight excluding hydrogens is 310 g/mol. The van der Waals surface area contributed by atoms with E-state index in [1.807, 2.05) is 0 Å². The third kappa shape index (κ3) is 4.12. The Morgan fingerprint density at radius 2 is 2.20 bits per heavy atom. The quantitative estimate of drug-likeness (QED) is 0.805. The van der Waals surface area contributed by atoms with E-state index >= 15 is 0 Å². The maximum Gasteiger partial charge on any atom is 0.127 e. The first-order valence-electron chi connectivity index (χ1n) is 12.8. The molecule has 3 rings (SSSR count). The van der Waals surface area contributed by atoms with Gasteiger partial charge in [-0.15, -0.1) is 0 Å². The lowest BCUT2D eigenvalue weighted by molar-refractivity contribution is 0.307. The molecule has 1 N–H and O–H groups in total. The van der Waals surface area contributed by atoms with Crippen LogP contribution in [0.15, 0.2) is 60.8 Å². The highest BCUT2D eigenvalue weighted by Crippen LogP contribution is 2.37. The highest BCUT2D eigenvalue weighted by molar-refractivity contribution is 5.85. The van der Waals surface area contributed by atoms with E-state index < -0.39 is 26.0 Å². The second kappa shape index (κ2) is 7.58. The van der Waals surface area contributed by atoms with E-state index in [0.29, 0.717) is 27.3 Å². The molecule has 0 radical (unpaired) electrons. The fourth-order valence-corrected chi connectivity index (χ4v) is 2.77. The largest absolute Gasteiger partial charge is 0.513 e. The molecule has 0 bridgehead atoms. The van der Waals surface area contributed by atoms with Crippen LogP contribution in [-0.2, 0) is 13.0 Å². The summed E-state index contributed by atoms with van der Waals surface area (Å²) in [5.74, 6) is 0.318. The number of aliphatic hydroxyl groups excluding tert-OH is 1. The molecule has 0 spiro atoms. The first kappa shape index (κ1) is 8.72. The molecule has 1 heterocycles. The minimum absolute atomic E-state index is 0.0370. The summed E-state index contributed by atoms with van der Waals surface area (Å²) in [6.07, 6.45) is 1.67.